The number of unbranched alkanes of at least 4 members (excludes halogenated alkanes) is 1. The van der Waals surface area contributed by atoms with Crippen molar-refractivity contribution in [3.05, 3.63) is 40.9 Å². The smallest absolute Gasteiger partial charge is 0.394 e. The molecule has 0 atom stereocenters. The predicted octanol–water partition coefficient (Wildman–Crippen LogP) is 6.97. The van der Waals surface area contributed by atoms with Crippen LogP contribution in [0.15, 0.2) is 23.9 Å². The third kappa shape index (κ3) is 4.85. The van der Waals surface area contributed by atoms with Crippen LogP contribution in [0.4, 0.5) is 8.63 Å². The Labute approximate surface area is 170 Å². The van der Waals surface area contributed by atoms with Crippen molar-refractivity contribution < 1.29 is 13.1 Å². The van der Waals surface area contributed by atoms with Gasteiger partial charge in [0.1, 0.15) is 5.71 Å². The molecule has 0 saturated heterocycles. The highest BCUT2D eigenvalue weighted by molar-refractivity contribution is 6.58. The molecule has 2 nitrogen and oxygen atoms in total. The average molecular weight is 390 g/mol. The first-order chi connectivity index (χ1) is 13.1. The van der Waals surface area contributed by atoms with E-state index < -0.39 is 6.97 Å². The van der Waals surface area contributed by atoms with E-state index in [2.05, 4.69) is 34.6 Å². The van der Waals surface area contributed by atoms with Crippen LogP contribution in [0.3, 0.4) is 0 Å². The molecule has 5 heteroatoms. The first-order valence-electron chi connectivity index (χ1n) is 10.8. The van der Waals surface area contributed by atoms with Crippen LogP contribution in [0.5, 0.6) is 0 Å². The summed E-state index contributed by atoms with van der Waals surface area (Å²) in [6, 6.07) is 1.84. The summed E-state index contributed by atoms with van der Waals surface area (Å²) in [5.41, 5.74) is 3.52. The number of hydrogen-bond acceptors (Lipinski definition) is 0. The second kappa shape index (κ2) is 9.24. The molecule has 1 aromatic heterocycles. The third-order valence-electron chi connectivity index (χ3n) is 5.52. The highest BCUT2D eigenvalue weighted by Gasteiger charge is 2.52. The first-order valence-corrected chi connectivity index (χ1v) is 10.8. The molecule has 0 aromatic carbocycles. The van der Waals surface area contributed by atoms with E-state index in [9.17, 15) is 0 Å². The van der Waals surface area contributed by atoms with Crippen LogP contribution in [0.1, 0.15) is 83.7 Å². The van der Waals surface area contributed by atoms with E-state index in [1.165, 1.54) is 28.2 Å². The maximum atomic E-state index is 15.1. The van der Waals surface area contributed by atoms with Gasteiger partial charge in [0.15, 0.2) is 5.70 Å². The van der Waals surface area contributed by atoms with Gasteiger partial charge in [0.25, 0.3) is 0 Å². The minimum Gasteiger partial charge on any atom is -0.394 e. The van der Waals surface area contributed by atoms with Crippen LogP contribution >= 0.6 is 0 Å². The Hall–Kier alpha value is -1.65. The molecule has 0 amide bonds. The zero-order chi connectivity index (χ0) is 21.1. The van der Waals surface area contributed by atoms with Gasteiger partial charge in [-0.2, -0.15) is 0 Å². The fraction of sp³-hybridized carbons (Fsp3) is 0.609. The maximum Gasteiger partial charge on any atom is 0.737 e. The minimum atomic E-state index is -3.79. The van der Waals surface area contributed by atoms with E-state index in [-0.39, 0.29) is 0 Å². The van der Waals surface area contributed by atoms with Gasteiger partial charge >= 0.3 is 6.97 Å². The summed E-state index contributed by atoms with van der Waals surface area (Å²) >= 11 is 0. The highest BCUT2D eigenvalue weighted by atomic mass is 19.2. The lowest BCUT2D eigenvalue weighted by molar-refractivity contribution is -0.362. The van der Waals surface area contributed by atoms with E-state index in [0.717, 1.165) is 23.6 Å². The van der Waals surface area contributed by atoms with E-state index in [1.807, 2.05) is 31.2 Å². The SMILES string of the molecule is CCCCC(C)C.Cc1cc(C)n2c1C=C1C=CC(CCC(C)C)=[N+]1[B-]2(F)F. The molecule has 0 aliphatic carbocycles. The maximum absolute atomic E-state index is 15.1. The molecule has 2 aliphatic heterocycles. The molecule has 0 fully saturated rings. The van der Waals surface area contributed by atoms with Crippen molar-refractivity contribution >= 4 is 18.8 Å². The number of hydrogen-bond donors (Lipinski definition) is 0. The fourth-order valence-electron chi connectivity index (χ4n) is 3.95. The molecule has 0 radical (unpaired) electrons. The van der Waals surface area contributed by atoms with Gasteiger partial charge in [-0.25, -0.2) is 0 Å². The standard InChI is InChI=1S/C16H21BF2N2.C7H16/c1-11(2)5-6-14-7-8-15-10-16-12(3)9-13(4)20(16)17(18,19)21(14)15;1-4-5-6-7(2)3/h7-11H,5-6H2,1-4H3;7H,4-6H2,1-3H3. The molecule has 2 aliphatic rings. The largest absolute Gasteiger partial charge is 0.737 e. The molecule has 156 valence electrons. The van der Waals surface area contributed by atoms with Gasteiger partial charge in [-0.3, -0.25) is 0 Å². The number of rotatable bonds is 6. The molecule has 0 unspecified atom stereocenters. The lowest BCUT2D eigenvalue weighted by atomic mass is 9.90. The lowest BCUT2D eigenvalue weighted by Gasteiger charge is -2.30. The Balaban J connectivity index is 0.000000345. The number of fused-ring (bicyclic) bond motifs is 2. The minimum absolute atomic E-state index is 0.510. The average Bonchev–Trinajstić information content (AvgIpc) is 3.13. The van der Waals surface area contributed by atoms with Gasteiger partial charge in [-0.1, -0.05) is 53.9 Å². The summed E-state index contributed by atoms with van der Waals surface area (Å²) in [6.07, 6.45) is 11.3. The van der Waals surface area contributed by atoms with Crippen molar-refractivity contribution in [1.29, 1.82) is 0 Å². The number of aryl methyl sites for hydroxylation is 2. The quantitative estimate of drug-likeness (QED) is 0.463. The van der Waals surface area contributed by atoms with Crippen molar-refractivity contribution in [1.82, 2.24) is 4.48 Å². The van der Waals surface area contributed by atoms with Gasteiger partial charge in [-0.05, 0) is 49.4 Å². The Morgan fingerprint density at radius 1 is 1.04 bits per heavy atom. The van der Waals surface area contributed by atoms with Crippen LogP contribution in [0.25, 0.3) is 6.08 Å². The van der Waals surface area contributed by atoms with E-state index >= 15 is 8.63 Å². The second-order valence-electron chi connectivity index (χ2n) is 9.04. The first kappa shape index (κ1) is 22.6. The van der Waals surface area contributed by atoms with Crippen LogP contribution < -0.4 is 0 Å². The molecular formula is C23H37BF2N2. The van der Waals surface area contributed by atoms with Crippen LogP contribution in [0, 0.1) is 25.7 Å². The van der Waals surface area contributed by atoms with Crippen LogP contribution in [-0.2, 0) is 0 Å². The molecule has 0 saturated carbocycles. The molecule has 0 N–H and O–H groups in total. The van der Waals surface area contributed by atoms with Gasteiger partial charge in [-0.15, -0.1) is 0 Å². The van der Waals surface area contributed by atoms with Gasteiger partial charge in [0.2, 0.25) is 0 Å². The summed E-state index contributed by atoms with van der Waals surface area (Å²) < 4.78 is 32.6. The second-order valence-corrected chi connectivity index (χ2v) is 9.04. The molecule has 3 heterocycles. The Morgan fingerprint density at radius 2 is 1.68 bits per heavy atom. The van der Waals surface area contributed by atoms with Crippen molar-refractivity contribution in [2.45, 2.75) is 80.6 Å². The van der Waals surface area contributed by atoms with Crippen molar-refractivity contribution in [3.63, 3.8) is 0 Å². The van der Waals surface area contributed by atoms with Crippen molar-refractivity contribution in [3.8, 4) is 0 Å². The molecule has 28 heavy (non-hydrogen) atoms. The van der Waals surface area contributed by atoms with E-state index in [1.54, 1.807) is 6.92 Å². The van der Waals surface area contributed by atoms with Crippen LogP contribution in [0.2, 0.25) is 0 Å². The molecule has 3 rings (SSSR count). The summed E-state index contributed by atoms with van der Waals surface area (Å²) in [4.78, 5) is 0. The lowest BCUT2D eigenvalue weighted by Crippen LogP contribution is -2.50. The monoisotopic (exact) mass is 390 g/mol. The van der Waals surface area contributed by atoms with Crippen LogP contribution in [-0.4, -0.2) is 21.6 Å². The Morgan fingerprint density at radius 3 is 2.21 bits per heavy atom. The number of nitrogens with zero attached hydrogens (tertiary/aromatic N) is 2. The number of aromatic nitrogens is 1. The molecule has 1 aromatic rings. The van der Waals surface area contributed by atoms with Gasteiger partial charge in [0, 0.05) is 30.3 Å². The number of halogens is 2. The summed E-state index contributed by atoms with van der Waals surface area (Å²) in [7, 11) is 0. The van der Waals surface area contributed by atoms with Gasteiger partial charge in [0.05, 0.1) is 0 Å². The van der Waals surface area contributed by atoms with Crippen molar-refractivity contribution in [2.75, 3.05) is 0 Å². The zero-order valence-electron chi connectivity index (χ0n) is 18.7. The molecule has 0 spiro atoms. The Kier molecular flexibility index (Phi) is 7.47. The van der Waals surface area contributed by atoms with Crippen molar-refractivity contribution in [2.24, 2.45) is 11.8 Å². The Bertz CT molecular complexity index is 783. The zero-order valence-corrected chi connectivity index (χ0v) is 18.7. The van der Waals surface area contributed by atoms with E-state index in [4.69, 9.17) is 0 Å². The van der Waals surface area contributed by atoms with Gasteiger partial charge < -0.3 is 17.6 Å². The highest BCUT2D eigenvalue weighted by Crippen LogP contribution is 2.34. The fourth-order valence-corrected chi connectivity index (χ4v) is 3.95. The molecule has 0 bridgehead atoms. The summed E-state index contributed by atoms with van der Waals surface area (Å²) in [5, 5.41) is 0. The third-order valence-corrected chi connectivity index (χ3v) is 5.52. The topological polar surface area (TPSA) is 7.94 Å². The normalized spacial score (nSPS) is 16.9. The van der Waals surface area contributed by atoms with E-state index in [0.29, 0.717) is 29.4 Å². The summed E-state index contributed by atoms with van der Waals surface area (Å²) in [5.74, 6) is 1.41. The molecular weight excluding hydrogens is 353 g/mol. The predicted molar refractivity (Wildman–Crippen MR) is 118 cm³/mol. The number of allylic oxidation sites excluding steroid dienone is 2. The summed E-state index contributed by atoms with van der Waals surface area (Å²) in [6.45, 7) is 10.9.